The average molecular weight is 398 g/mol. The van der Waals surface area contributed by atoms with Gasteiger partial charge in [0.25, 0.3) is 0 Å². The standard InChI is InChI=1S/C20H22N4O5/c21-20(22)13-1-5-14(6-2-13)23-17(26)9-10-18(27)24-16(11-19(28)29)12-3-7-15(25)8-4-12/h1-8,16,25H,9-11H2,(H3,21,22)(H,23,26)(H,24,27)(H,28,29). The maximum Gasteiger partial charge on any atom is 0.305 e. The van der Waals surface area contributed by atoms with Crippen LogP contribution in [0, 0.1) is 5.41 Å². The third kappa shape index (κ3) is 6.98. The van der Waals surface area contributed by atoms with Gasteiger partial charge >= 0.3 is 5.97 Å². The summed E-state index contributed by atoms with van der Waals surface area (Å²) in [4.78, 5) is 35.3. The Labute approximate surface area is 167 Å². The van der Waals surface area contributed by atoms with Crippen molar-refractivity contribution in [3.8, 4) is 5.75 Å². The molecular formula is C20H22N4O5. The van der Waals surface area contributed by atoms with Crippen LogP contribution in [-0.4, -0.2) is 33.8 Å². The smallest absolute Gasteiger partial charge is 0.305 e. The molecule has 0 heterocycles. The Bertz CT molecular complexity index is 894. The number of benzene rings is 2. The Morgan fingerprint density at radius 3 is 2.10 bits per heavy atom. The molecular weight excluding hydrogens is 376 g/mol. The molecule has 0 fully saturated rings. The minimum atomic E-state index is -1.09. The van der Waals surface area contributed by atoms with E-state index in [1.165, 1.54) is 24.3 Å². The molecule has 1 unspecified atom stereocenters. The number of carbonyl (C=O) groups is 3. The van der Waals surface area contributed by atoms with Gasteiger partial charge in [0, 0.05) is 24.1 Å². The summed E-state index contributed by atoms with van der Waals surface area (Å²) < 4.78 is 0. The third-order valence-corrected chi connectivity index (χ3v) is 4.07. The second kappa shape index (κ2) is 9.88. The van der Waals surface area contributed by atoms with Crippen LogP contribution in [0.1, 0.15) is 36.4 Å². The first kappa shape index (κ1) is 21.4. The van der Waals surface area contributed by atoms with E-state index in [9.17, 15) is 19.5 Å². The van der Waals surface area contributed by atoms with Crippen LogP contribution in [-0.2, 0) is 14.4 Å². The summed E-state index contributed by atoms with van der Waals surface area (Å²) in [7, 11) is 0. The molecule has 9 nitrogen and oxygen atoms in total. The number of carboxylic acids is 1. The molecule has 0 aliphatic rings. The first-order chi connectivity index (χ1) is 13.7. The number of nitrogens with two attached hydrogens (primary N) is 1. The molecule has 2 rings (SSSR count). The molecule has 152 valence electrons. The quantitative estimate of drug-likeness (QED) is 0.278. The van der Waals surface area contributed by atoms with Gasteiger partial charge < -0.3 is 26.6 Å². The van der Waals surface area contributed by atoms with Crippen molar-refractivity contribution >= 4 is 29.3 Å². The second-order valence-electron chi connectivity index (χ2n) is 6.35. The molecule has 0 spiro atoms. The number of amidine groups is 1. The topological polar surface area (TPSA) is 166 Å². The normalized spacial score (nSPS) is 11.3. The van der Waals surface area contributed by atoms with Crippen LogP contribution in [0.3, 0.4) is 0 Å². The molecule has 0 aliphatic carbocycles. The summed E-state index contributed by atoms with van der Waals surface area (Å²) >= 11 is 0. The first-order valence-electron chi connectivity index (χ1n) is 8.79. The van der Waals surface area contributed by atoms with E-state index in [1.807, 2.05) is 0 Å². The van der Waals surface area contributed by atoms with E-state index in [-0.39, 0.29) is 36.8 Å². The number of nitrogen functional groups attached to an aromatic ring is 1. The Morgan fingerprint density at radius 2 is 1.55 bits per heavy atom. The molecule has 9 heteroatoms. The number of hydrogen-bond acceptors (Lipinski definition) is 5. The van der Waals surface area contributed by atoms with Crippen molar-refractivity contribution in [2.45, 2.75) is 25.3 Å². The van der Waals surface area contributed by atoms with Gasteiger partial charge in [0.2, 0.25) is 11.8 Å². The summed E-state index contributed by atoms with van der Waals surface area (Å²) in [5, 5.41) is 31.0. The van der Waals surface area contributed by atoms with E-state index in [2.05, 4.69) is 10.6 Å². The lowest BCUT2D eigenvalue weighted by atomic mass is 10.0. The van der Waals surface area contributed by atoms with Gasteiger partial charge in [-0.05, 0) is 42.0 Å². The number of rotatable bonds is 9. The van der Waals surface area contributed by atoms with Crippen molar-refractivity contribution in [3.05, 3.63) is 59.7 Å². The molecule has 1 atom stereocenters. The van der Waals surface area contributed by atoms with Crippen LogP contribution in [0.5, 0.6) is 5.75 Å². The van der Waals surface area contributed by atoms with Crippen molar-refractivity contribution in [2.75, 3.05) is 5.32 Å². The van der Waals surface area contributed by atoms with Crippen molar-refractivity contribution in [2.24, 2.45) is 5.73 Å². The highest BCUT2D eigenvalue weighted by atomic mass is 16.4. The zero-order valence-electron chi connectivity index (χ0n) is 15.5. The molecule has 0 aromatic heterocycles. The van der Waals surface area contributed by atoms with Crippen molar-refractivity contribution in [3.63, 3.8) is 0 Å². The number of carboxylic acid groups (broad SMARTS) is 1. The maximum atomic E-state index is 12.2. The van der Waals surface area contributed by atoms with Gasteiger partial charge in [0.15, 0.2) is 0 Å². The lowest BCUT2D eigenvalue weighted by molar-refractivity contribution is -0.138. The largest absolute Gasteiger partial charge is 0.508 e. The number of phenolic OH excluding ortho intramolecular Hbond substituents is 1. The number of nitrogens with one attached hydrogen (secondary N) is 3. The highest BCUT2D eigenvalue weighted by molar-refractivity contribution is 5.96. The van der Waals surface area contributed by atoms with E-state index < -0.39 is 17.9 Å². The van der Waals surface area contributed by atoms with Gasteiger partial charge in [0.1, 0.15) is 11.6 Å². The fourth-order valence-corrected chi connectivity index (χ4v) is 2.58. The highest BCUT2D eigenvalue weighted by Crippen LogP contribution is 2.20. The number of anilines is 1. The summed E-state index contributed by atoms with van der Waals surface area (Å²) in [5.41, 5.74) is 6.94. The van der Waals surface area contributed by atoms with Gasteiger partial charge in [-0.25, -0.2) is 0 Å². The number of aromatic hydroxyl groups is 1. The fraction of sp³-hybridized carbons (Fsp3) is 0.200. The number of carbonyl (C=O) groups excluding carboxylic acids is 2. The monoisotopic (exact) mass is 398 g/mol. The molecule has 2 aromatic carbocycles. The Balaban J connectivity index is 1.88. The number of aliphatic carboxylic acids is 1. The van der Waals surface area contributed by atoms with Crippen LogP contribution in [0.4, 0.5) is 5.69 Å². The minimum Gasteiger partial charge on any atom is -0.508 e. The molecule has 0 radical (unpaired) electrons. The van der Waals surface area contributed by atoms with Crippen molar-refractivity contribution < 1.29 is 24.6 Å². The number of hydrogen-bond donors (Lipinski definition) is 6. The predicted octanol–water partition coefficient (Wildman–Crippen LogP) is 1.73. The molecule has 2 aromatic rings. The van der Waals surface area contributed by atoms with Gasteiger partial charge in [-0.2, -0.15) is 0 Å². The molecule has 7 N–H and O–H groups in total. The van der Waals surface area contributed by atoms with Crippen LogP contribution >= 0.6 is 0 Å². The summed E-state index contributed by atoms with van der Waals surface area (Å²) in [6.45, 7) is 0. The second-order valence-corrected chi connectivity index (χ2v) is 6.35. The third-order valence-electron chi connectivity index (χ3n) is 4.07. The molecule has 2 amide bonds. The van der Waals surface area contributed by atoms with Gasteiger partial charge in [0.05, 0.1) is 12.5 Å². The molecule has 0 aliphatic heterocycles. The highest BCUT2D eigenvalue weighted by Gasteiger charge is 2.18. The van der Waals surface area contributed by atoms with Crippen LogP contribution in [0.15, 0.2) is 48.5 Å². The van der Waals surface area contributed by atoms with Crippen LogP contribution in [0.25, 0.3) is 0 Å². The van der Waals surface area contributed by atoms with E-state index in [0.717, 1.165) is 0 Å². The molecule has 0 saturated carbocycles. The Morgan fingerprint density at radius 1 is 0.966 bits per heavy atom. The Kier molecular flexibility index (Phi) is 7.30. The number of phenols is 1. The maximum absolute atomic E-state index is 12.2. The Hall–Kier alpha value is -3.88. The zero-order chi connectivity index (χ0) is 21.4. The minimum absolute atomic E-state index is 0.0298. The van der Waals surface area contributed by atoms with Gasteiger partial charge in [-0.15, -0.1) is 0 Å². The lowest BCUT2D eigenvalue weighted by Gasteiger charge is -2.17. The van der Waals surface area contributed by atoms with Crippen LogP contribution < -0.4 is 16.4 Å². The fourth-order valence-electron chi connectivity index (χ4n) is 2.58. The summed E-state index contributed by atoms with van der Waals surface area (Å²) in [5.74, 6) is -1.98. The zero-order valence-corrected chi connectivity index (χ0v) is 15.5. The molecule has 29 heavy (non-hydrogen) atoms. The van der Waals surface area contributed by atoms with E-state index in [0.29, 0.717) is 16.8 Å². The summed E-state index contributed by atoms with van der Waals surface area (Å²) in [6, 6.07) is 11.5. The van der Waals surface area contributed by atoms with Gasteiger partial charge in [-0.3, -0.25) is 19.8 Å². The molecule has 0 bridgehead atoms. The SMILES string of the molecule is N=C(N)c1ccc(NC(=O)CCC(=O)NC(CC(=O)O)c2ccc(O)cc2)cc1. The van der Waals surface area contributed by atoms with E-state index in [1.54, 1.807) is 24.3 Å². The van der Waals surface area contributed by atoms with E-state index in [4.69, 9.17) is 16.2 Å². The van der Waals surface area contributed by atoms with Crippen molar-refractivity contribution in [1.29, 1.82) is 5.41 Å². The number of amides is 2. The van der Waals surface area contributed by atoms with Crippen LogP contribution in [0.2, 0.25) is 0 Å². The summed E-state index contributed by atoms with van der Waals surface area (Å²) in [6.07, 6.45) is -0.535. The van der Waals surface area contributed by atoms with Crippen molar-refractivity contribution in [1.82, 2.24) is 5.32 Å². The van der Waals surface area contributed by atoms with E-state index >= 15 is 0 Å². The lowest BCUT2D eigenvalue weighted by Crippen LogP contribution is -2.30. The first-order valence-corrected chi connectivity index (χ1v) is 8.79. The average Bonchev–Trinajstić information content (AvgIpc) is 2.66. The van der Waals surface area contributed by atoms with Gasteiger partial charge in [-0.1, -0.05) is 12.1 Å². The predicted molar refractivity (Wildman–Crippen MR) is 107 cm³/mol. The molecule has 0 saturated heterocycles.